The van der Waals surface area contributed by atoms with Crippen molar-refractivity contribution in [3.8, 4) is 5.75 Å². The molecule has 3 aromatic rings. The van der Waals surface area contributed by atoms with Crippen molar-refractivity contribution in [2.24, 2.45) is 5.10 Å². The molecule has 0 radical (unpaired) electrons. The summed E-state index contributed by atoms with van der Waals surface area (Å²) in [5.74, 6) is 1.43. The molecular formula is C32H43N9O3. The fourth-order valence-electron chi connectivity index (χ4n) is 5.88. The predicted octanol–water partition coefficient (Wildman–Crippen LogP) is 3.85. The first-order valence-electron chi connectivity index (χ1n) is 15.3. The zero-order valence-corrected chi connectivity index (χ0v) is 26.1. The highest BCUT2D eigenvalue weighted by Crippen LogP contribution is 2.34. The fourth-order valence-corrected chi connectivity index (χ4v) is 5.88. The van der Waals surface area contributed by atoms with Gasteiger partial charge in [0.25, 0.3) is 5.56 Å². The van der Waals surface area contributed by atoms with Gasteiger partial charge in [0.1, 0.15) is 17.4 Å². The number of hydrogen-bond donors (Lipinski definition) is 1. The molecule has 0 amide bonds. The van der Waals surface area contributed by atoms with Crippen LogP contribution in [0, 0.1) is 0 Å². The van der Waals surface area contributed by atoms with E-state index in [1.807, 2.05) is 33.0 Å². The predicted molar refractivity (Wildman–Crippen MR) is 175 cm³/mol. The highest BCUT2D eigenvalue weighted by molar-refractivity contribution is 6.01. The topological polar surface area (TPSA) is 113 Å². The number of carbonyl (C=O) groups is 1. The molecule has 2 aliphatic rings. The van der Waals surface area contributed by atoms with E-state index in [1.165, 1.54) is 42.9 Å². The molecule has 12 heteroatoms. The monoisotopic (exact) mass is 601 g/mol. The SMILES string of the molecule is C=CCn1c(=O)c2cnc(Nc3ccc(N4CCC(N5CCCC5)CC4)c(OC)c3)nc2n1C(/C=C\C=O)=N/N(C)C(C)C. The number of allylic oxidation sites excluding steroid dienone is 3. The third-order valence-electron chi connectivity index (χ3n) is 8.42. The maximum Gasteiger partial charge on any atom is 0.278 e. The second kappa shape index (κ2) is 13.9. The van der Waals surface area contributed by atoms with Crippen LogP contribution in [0.5, 0.6) is 5.75 Å². The van der Waals surface area contributed by atoms with Crippen LogP contribution in [0.1, 0.15) is 39.5 Å². The molecule has 234 valence electrons. The van der Waals surface area contributed by atoms with Crippen LogP contribution in [0.3, 0.4) is 0 Å². The molecular weight excluding hydrogens is 558 g/mol. The number of nitrogens with zero attached hydrogens (tertiary/aromatic N) is 8. The molecule has 0 atom stereocenters. The number of aromatic nitrogens is 4. The van der Waals surface area contributed by atoms with Gasteiger partial charge in [0, 0.05) is 50.2 Å². The molecule has 2 aliphatic heterocycles. The van der Waals surface area contributed by atoms with Gasteiger partial charge in [-0.1, -0.05) is 6.08 Å². The number of carbonyl (C=O) groups excluding carboxylic acids is 1. The molecule has 4 heterocycles. The summed E-state index contributed by atoms with van der Waals surface area (Å²) in [4.78, 5) is 38.9. The molecule has 2 fully saturated rings. The Morgan fingerprint density at radius 2 is 1.98 bits per heavy atom. The summed E-state index contributed by atoms with van der Waals surface area (Å²) in [7, 11) is 3.51. The van der Waals surface area contributed by atoms with E-state index in [2.05, 4.69) is 37.8 Å². The number of nitrogens with one attached hydrogen (secondary N) is 1. The first-order valence-corrected chi connectivity index (χ1v) is 15.3. The average molecular weight is 602 g/mol. The minimum atomic E-state index is -0.287. The van der Waals surface area contributed by atoms with Gasteiger partial charge in [0.2, 0.25) is 5.95 Å². The lowest BCUT2D eigenvalue weighted by Crippen LogP contribution is -2.43. The largest absolute Gasteiger partial charge is 0.495 e. The Hall–Kier alpha value is -4.45. The van der Waals surface area contributed by atoms with Crippen LogP contribution in [0.25, 0.3) is 11.0 Å². The Labute approximate surface area is 258 Å². The Morgan fingerprint density at radius 1 is 1.23 bits per heavy atom. The lowest BCUT2D eigenvalue weighted by molar-refractivity contribution is -0.104. The molecule has 2 aromatic heterocycles. The maximum atomic E-state index is 13.4. The first-order chi connectivity index (χ1) is 21.3. The van der Waals surface area contributed by atoms with E-state index in [0.717, 1.165) is 43.1 Å². The van der Waals surface area contributed by atoms with E-state index in [9.17, 15) is 9.59 Å². The van der Waals surface area contributed by atoms with Gasteiger partial charge in [-0.15, -0.1) is 6.58 Å². The lowest BCUT2D eigenvalue weighted by atomic mass is 10.0. The summed E-state index contributed by atoms with van der Waals surface area (Å²) in [6.07, 6.45) is 11.6. The van der Waals surface area contributed by atoms with Crippen molar-refractivity contribution in [2.45, 2.75) is 58.2 Å². The van der Waals surface area contributed by atoms with Crippen molar-refractivity contribution in [3.63, 3.8) is 0 Å². The van der Waals surface area contributed by atoms with Crippen LogP contribution in [-0.4, -0.2) is 93.8 Å². The van der Waals surface area contributed by atoms with Crippen LogP contribution in [0.2, 0.25) is 0 Å². The minimum Gasteiger partial charge on any atom is -0.495 e. The number of methoxy groups -OCH3 is 1. The molecule has 0 bridgehead atoms. The smallest absolute Gasteiger partial charge is 0.278 e. The van der Waals surface area contributed by atoms with Crippen molar-refractivity contribution < 1.29 is 9.53 Å². The van der Waals surface area contributed by atoms with Crippen LogP contribution in [0.4, 0.5) is 17.3 Å². The van der Waals surface area contributed by atoms with E-state index >= 15 is 0 Å². The second-order valence-corrected chi connectivity index (χ2v) is 11.5. The van der Waals surface area contributed by atoms with Crippen LogP contribution in [-0.2, 0) is 11.3 Å². The summed E-state index contributed by atoms with van der Waals surface area (Å²) in [5, 5.41) is 10.0. The standard InChI is InChI=1S/C32H43N9O3/c1-6-15-40-31(43)26-22-33-32(35-30(26)41(40)29(10-9-20-42)36-37(4)23(2)3)34-24-11-12-27(28(21-24)44-5)39-18-13-25(14-19-39)38-16-7-8-17-38/h6,9-12,20-23,25H,1,7-8,13-19H2,2-5H3,(H,33,34,35)/b10-9-,36-29+. The van der Waals surface area contributed by atoms with Gasteiger partial charge in [-0.2, -0.15) is 10.1 Å². The fraction of sp³-hybridized carbons (Fsp3) is 0.469. The normalized spacial score (nSPS) is 16.8. The number of fused-ring (bicyclic) bond motifs is 1. The third-order valence-corrected chi connectivity index (χ3v) is 8.42. The Kier molecular flexibility index (Phi) is 9.78. The van der Waals surface area contributed by atoms with Gasteiger partial charge in [0.05, 0.1) is 19.3 Å². The quantitative estimate of drug-likeness (QED) is 0.0875. The van der Waals surface area contributed by atoms with Crippen molar-refractivity contribution in [1.29, 1.82) is 0 Å². The van der Waals surface area contributed by atoms with Gasteiger partial charge in [0.15, 0.2) is 11.5 Å². The van der Waals surface area contributed by atoms with Crippen molar-refractivity contribution in [1.82, 2.24) is 29.2 Å². The molecule has 0 aliphatic carbocycles. The minimum absolute atomic E-state index is 0.0808. The van der Waals surface area contributed by atoms with E-state index in [1.54, 1.807) is 29.0 Å². The van der Waals surface area contributed by atoms with E-state index in [-0.39, 0.29) is 18.1 Å². The van der Waals surface area contributed by atoms with Gasteiger partial charge < -0.3 is 19.9 Å². The van der Waals surface area contributed by atoms with Crippen molar-refractivity contribution in [3.05, 3.63) is 59.6 Å². The zero-order chi connectivity index (χ0) is 31.2. The molecule has 0 unspecified atom stereocenters. The number of rotatable bonds is 11. The van der Waals surface area contributed by atoms with Gasteiger partial charge in [-0.25, -0.2) is 14.3 Å². The Balaban J connectivity index is 1.44. The van der Waals surface area contributed by atoms with Crippen molar-refractivity contribution >= 4 is 40.5 Å². The van der Waals surface area contributed by atoms with Crippen molar-refractivity contribution in [2.75, 3.05) is 50.6 Å². The lowest BCUT2D eigenvalue weighted by Gasteiger charge is -2.38. The number of likely N-dealkylation sites (tertiary alicyclic amines) is 1. The van der Waals surface area contributed by atoms with E-state index in [4.69, 9.17) is 9.72 Å². The maximum absolute atomic E-state index is 13.4. The molecule has 0 saturated carbocycles. The third kappa shape index (κ3) is 6.54. The van der Waals surface area contributed by atoms with Crippen LogP contribution in [0.15, 0.2) is 59.1 Å². The number of hydrogen-bond acceptors (Lipinski definition) is 10. The summed E-state index contributed by atoms with van der Waals surface area (Å²) < 4.78 is 8.89. The number of piperidine rings is 1. The molecule has 2 saturated heterocycles. The second-order valence-electron chi connectivity index (χ2n) is 11.5. The molecule has 0 spiro atoms. The molecule has 12 nitrogen and oxygen atoms in total. The van der Waals surface area contributed by atoms with Gasteiger partial charge in [-0.3, -0.25) is 14.6 Å². The number of hydrazone groups is 1. The van der Waals surface area contributed by atoms with E-state index in [0.29, 0.717) is 35.1 Å². The summed E-state index contributed by atoms with van der Waals surface area (Å²) >= 11 is 0. The number of benzene rings is 1. The number of ether oxygens (including phenoxy) is 1. The van der Waals surface area contributed by atoms with Gasteiger partial charge >= 0.3 is 0 Å². The van der Waals surface area contributed by atoms with Crippen LogP contribution >= 0.6 is 0 Å². The Morgan fingerprint density at radius 3 is 2.64 bits per heavy atom. The van der Waals surface area contributed by atoms with Crippen LogP contribution < -0.4 is 20.5 Å². The highest BCUT2D eigenvalue weighted by atomic mass is 16.5. The summed E-state index contributed by atoms with van der Waals surface area (Å²) in [6, 6.07) is 6.77. The molecule has 44 heavy (non-hydrogen) atoms. The summed E-state index contributed by atoms with van der Waals surface area (Å²) in [5.41, 5.74) is 1.89. The first kappa shape index (κ1) is 31.0. The molecule has 1 aromatic carbocycles. The van der Waals surface area contributed by atoms with Gasteiger partial charge in [-0.05, 0) is 76.9 Å². The number of anilines is 3. The molecule has 1 N–H and O–H groups in total. The summed E-state index contributed by atoms with van der Waals surface area (Å²) in [6.45, 7) is 12.5. The molecule has 5 rings (SSSR count). The highest BCUT2D eigenvalue weighted by Gasteiger charge is 2.27. The number of aldehydes is 1. The average Bonchev–Trinajstić information content (AvgIpc) is 3.66. The zero-order valence-electron chi connectivity index (χ0n) is 26.1. The van der Waals surface area contributed by atoms with E-state index < -0.39 is 0 Å². The Bertz CT molecular complexity index is 1590.